The molecule has 0 radical (unpaired) electrons. The number of rotatable bonds is 10. The van der Waals surface area contributed by atoms with Crippen molar-refractivity contribution in [3.05, 3.63) is 71.6 Å². The minimum absolute atomic E-state index is 0.0397. The zero-order valence-corrected chi connectivity index (χ0v) is 21.5. The van der Waals surface area contributed by atoms with E-state index in [0.29, 0.717) is 5.82 Å². The summed E-state index contributed by atoms with van der Waals surface area (Å²) in [5.41, 5.74) is 5.91. The van der Waals surface area contributed by atoms with E-state index in [2.05, 4.69) is 10.1 Å². The van der Waals surface area contributed by atoms with Crippen LogP contribution in [-0.4, -0.2) is 56.0 Å². The van der Waals surface area contributed by atoms with Crippen molar-refractivity contribution in [1.29, 1.82) is 0 Å². The molecule has 200 valence electrons. The first kappa shape index (κ1) is 28.3. The van der Waals surface area contributed by atoms with Crippen LogP contribution in [0, 0.1) is 17.0 Å². The van der Waals surface area contributed by atoms with Crippen LogP contribution < -0.4 is 5.73 Å². The first-order valence-electron chi connectivity index (χ1n) is 12.2. The zero-order valence-electron chi connectivity index (χ0n) is 21.5. The molecule has 3 N–H and O–H groups in total. The number of carbonyl (C=O) groups is 1. The second-order valence-electron chi connectivity index (χ2n) is 10.2. The number of halogens is 3. The van der Waals surface area contributed by atoms with Crippen LogP contribution in [-0.2, 0) is 11.3 Å². The van der Waals surface area contributed by atoms with E-state index in [1.54, 1.807) is 4.68 Å². The first-order chi connectivity index (χ1) is 17.4. The van der Waals surface area contributed by atoms with E-state index in [9.17, 15) is 23.1 Å². The Balaban J connectivity index is 2.21. The molecule has 0 saturated heterocycles. The van der Waals surface area contributed by atoms with Gasteiger partial charge in [0.1, 0.15) is 24.4 Å². The van der Waals surface area contributed by atoms with E-state index in [1.165, 1.54) is 11.8 Å². The van der Waals surface area contributed by atoms with Crippen molar-refractivity contribution in [2.24, 2.45) is 11.1 Å². The van der Waals surface area contributed by atoms with Crippen LogP contribution in [0.25, 0.3) is 11.4 Å². The van der Waals surface area contributed by atoms with E-state index in [4.69, 9.17) is 5.73 Å². The topological polar surface area (TPSA) is 97.3 Å². The molecule has 0 fully saturated rings. The minimum Gasteiger partial charge on any atom is -0.384 e. The van der Waals surface area contributed by atoms with Crippen molar-refractivity contribution in [1.82, 2.24) is 19.7 Å². The van der Waals surface area contributed by atoms with Gasteiger partial charge in [0.15, 0.2) is 11.6 Å². The van der Waals surface area contributed by atoms with Crippen molar-refractivity contribution in [3.63, 3.8) is 0 Å². The predicted octanol–water partition coefficient (Wildman–Crippen LogP) is 4.26. The van der Waals surface area contributed by atoms with Crippen LogP contribution in [0.15, 0.2) is 48.5 Å². The molecule has 37 heavy (non-hydrogen) atoms. The molecule has 1 heterocycles. The molecule has 3 atom stereocenters. The highest BCUT2D eigenvalue weighted by Crippen LogP contribution is 2.39. The van der Waals surface area contributed by atoms with Crippen molar-refractivity contribution < 1.29 is 23.1 Å². The maximum atomic E-state index is 14.7. The van der Waals surface area contributed by atoms with Gasteiger partial charge in [0.05, 0.1) is 18.2 Å². The third-order valence-corrected chi connectivity index (χ3v) is 6.00. The Morgan fingerprint density at radius 3 is 2.43 bits per heavy atom. The number of amides is 1. The molecule has 1 aromatic heterocycles. The molecular formula is C27H34F3N5O2. The minimum atomic E-state index is -1.34. The number of nitrogens with zero attached hydrogens (tertiary/aromatic N) is 4. The molecule has 1 amide bonds. The van der Waals surface area contributed by atoms with Crippen LogP contribution in [0.1, 0.15) is 51.5 Å². The monoisotopic (exact) mass is 517 g/mol. The van der Waals surface area contributed by atoms with E-state index in [1.807, 2.05) is 51.1 Å². The SMILES string of the molecule is C[C@H](O)C(=O)N(CC[C@H](N)CF)[C@@H](c1nc(-c2cc(F)ccc2F)nn1Cc1ccccc1)C(C)(C)C. The van der Waals surface area contributed by atoms with Gasteiger partial charge >= 0.3 is 0 Å². The maximum Gasteiger partial charge on any atom is 0.251 e. The molecule has 10 heteroatoms. The van der Waals surface area contributed by atoms with E-state index in [0.717, 1.165) is 23.8 Å². The van der Waals surface area contributed by atoms with E-state index in [-0.39, 0.29) is 30.9 Å². The van der Waals surface area contributed by atoms with Crippen molar-refractivity contribution in [3.8, 4) is 11.4 Å². The van der Waals surface area contributed by atoms with Gasteiger partial charge in [-0.15, -0.1) is 0 Å². The first-order valence-corrected chi connectivity index (χ1v) is 12.2. The average molecular weight is 518 g/mol. The molecule has 0 saturated carbocycles. The summed E-state index contributed by atoms with van der Waals surface area (Å²) in [6.45, 7) is 6.56. The molecule has 3 rings (SSSR count). The van der Waals surface area contributed by atoms with E-state index >= 15 is 0 Å². The number of aromatic nitrogens is 3. The predicted molar refractivity (Wildman–Crippen MR) is 135 cm³/mol. The number of benzene rings is 2. The van der Waals surface area contributed by atoms with Crippen molar-refractivity contribution in [2.75, 3.05) is 13.2 Å². The number of aliphatic hydroxyl groups excluding tert-OH is 1. The van der Waals surface area contributed by atoms with Gasteiger partial charge in [-0.3, -0.25) is 4.79 Å². The average Bonchev–Trinajstić information content (AvgIpc) is 3.24. The lowest BCUT2D eigenvalue weighted by atomic mass is 9.84. The fourth-order valence-electron chi connectivity index (χ4n) is 4.19. The Kier molecular flexibility index (Phi) is 9.09. The summed E-state index contributed by atoms with van der Waals surface area (Å²) in [7, 11) is 0. The molecule has 0 aliphatic heterocycles. The molecule has 3 aromatic rings. The van der Waals surface area contributed by atoms with Gasteiger partial charge in [-0.2, -0.15) is 5.10 Å². The summed E-state index contributed by atoms with van der Waals surface area (Å²) in [6.07, 6.45) is -1.18. The van der Waals surface area contributed by atoms with Crippen molar-refractivity contribution >= 4 is 5.91 Å². The Morgan fingerprint density at radius 2 is 1.84 bits per heavy atom. The second kappa shape index (κ2) is 11.9. The van der Waals surface area contributed by atoms with E-state index < -0.39 is 47.8 Å². The fraction of sp³-hybridized carbons (Fsp3) is 0.444. The van der Waals surface area contributed by atoms with Gasteiger partial charge in [0, 0.05) is 12.6 Å². The molecule has 0 bridgehead atoms. The molecule has 0 unspecified atom stereocenters. The second-order valence-corrected chi connectivity index (χ2v) is 10.2. The van der Waals surface area contributed by atoms with Gasteiger partial charge in [0.25, 0.3) is 5.91 Å². The number of alkyl halides is 1. The summed E-state index contributed by atoms with van der Waals surface area (Å²) in [5.74, 6) is -1.64. The molecule has 0 aliphatic carbocycles. The Hall–Kier alpha value is -3.24. The lowest BCUT2D eigenvalue weighted by Gasteiger charge is -2.40. The largest absolute Gasteiger partial charge is 0.384 e. The molecule has 0 spiro atoms. The van der Waals surface area contributed by atoms with Crippen molar-refractivity contribution in [2.45, 2.75) is 58.8 Å². The number of aliphatic hydroxyl groups is 1. The van der Waals surface area contributed by atoms with Crippen LogP contribution in [0.2, 0.25) is 0 Å². The number of carbonyl (C=O) groups excluding carboxylic acids is 1. The third-order valence-electron chi connectivity index (χ3n) is 6.00. The summed E-state index contributed by atoms with van der Waals surface area (Å²) in [5, 5.41) is 14.7. The number of nitrogens with two attached hydrogens (primary N) is 1. The van der Waals surface area contributed by atoms with Gasteiger partial charge in [-0.25, -0.2) is 22.8 Å². The number of hydrogen-bond donors (Lipinski definition) is 2. The van der Waals surface area contributed by atoms with Crippen LogP contribution >= 0.6 is 0 Å². The highest BCUT2D eigenvalue weighted by atomic mass is 19.1. The van der Waals surface area contributed by atoms with Gasteiger partial charge in [-0.1, -0.05) is 51.1 Å². The summed E-state index contributed by atoms with van der Waals surface area (Å²) < 4.78 is 43.4. The lowest BCUT2D eigenvalue weighted by molar-refractivity contribution is -0.145. The van der Waals surface area contributed by atoms with Crippen LogP contribution in [0.5, 0.6) is 0 Å². The Morgan fingerprint density at radius 1 is 1.16 bits per heavy atom. The Labute approximate surface area is 215 Å². The summed E-state index contributed by atoms with van der Waals surface area (Å²) in [4.78, 5) is 19.3. The lowest BCUT2D eigenvalue weighted by Crippen LogP contribution is -2.47. The van der Waals surface area contributed by atoms with Crippen LogP contribution in [0.4, 0.5) is 13.2 Å². The molecular weight excluding hydrogens is 483 g/mol. The van der Waals surface area contributed by atoms with Crippen LogP contribution in [0.3, 0.4) is 0 Å². The molecule has 0 aliphatic rings. The quantitative estimate of drug-likeness (QED) is 0.419. The summed E-state index contributed by atoms with van der Waals surface area (Å²) >= 11 is 0. The standard InChI is InChI=1S/C27H34F3N5O2/c1-17(36)26(37)34(13-12-20(31)15-28)23(27(2,3)4)25-32-24(21-14-19(29)10-11-22(21)30)33-35(25)16-18-8-6-5-7-9-18/h5-11,14,17,20,23,36H,12-13,15-16,31H2,1-4H3/t17-,20-,23-/m0/s1. The smallest absolute Gasteiger partial charge is 0.251 e. The number of hydrogen-bond acceptors (Lipinski definition) is 5. The highest BCUT2D eigenvalue weighted by molar-refractivity contribution is 5.80. The summed E-state index contributed by atoms with van der Waals surface area (Å²) in [6, 6.07) is 10.9. The zero-order chi connectivity index (χ0) is 27.3. The Bertz CT molecular complexity index is 1190. The highest BCUT2D eigenvalue weighted by Gasteiger charge is 2.40. The van der Waals surface area contributed by atoms with Gasteiger partial charge < -0.3 is 15.7 Å². The van der Waals surface area contributed by atoms with Gasteiger partial charge in [0.2, 0.25) is 0 Å². The molecule has 2 aromatic carbocycles. The fourth-order valence-corrected chi connectivity index (χ4v) is 4.19. The normalized spacial score (nSPS) is 14.3. The van der Waals surface area contributed by atoms with Gasteiger partial charge in [-0.05, 0) is 42.5 Å². The molecule has 7 nitrogen and oxygen atoms in total. The third kappa shape index (κ3) is 6.95. The maximum absolute atomic E-state index is 14.7.